The van der Waals surface area contributed by atoms with Crippen molar-refractivity contribution in [1.82, 2.24) is 4.98 Å². The quantitative estimate of drug-likeness (QED) is 0.229. The van der Waals surface area contributed by atoms with Crippen molar-refractivity contribution in [3.05, 3.63) is 133 Å². The lowest BCUT2D eigenvalue weighted by Gasteiger charge is -2.27. The molecule has 0 saturated heterocycles. The lowest BCUT2D eigenvalue weighted by Crippen LogP contribution is -2.10. The molecule has 4 heteroatoms. The molecular formula is C37H22N2O2. The molecule has 8 aromatic rings. The topological polar surface area (TPSA) is 42.4 Å². The van der Waals surface area contributed by atoms with Crippen molar-refractivity contribution < 1.29 is 8.83 Å². The van der Waals surface area contributed by atoms with Gasteiger partial charge in [0.1, 0.15) is 16.9 Å². The Hall–Kier alpha value is -5.61. The molecule has 0 unspecified atom stereocenters. The van der Waals surface area contributed by atoms with Crippen molar-refractivity contribution in [3.63, 3.8) is 0 Å². The zero-order valence-electron chi connectivity index (χ0n) is 21.9. The SMILES string of the molecule is c1ccc(-c2nc3c(o2)-c2cccc4c(N(c5ccccc5)c5ccc6c(c5)oc5ccccc56)ccc-3c24)cc1. The number of aromatic nitrogens is 1. The van der Waals surface area contributed by atoms with Crippen LogP contribution in [0.25, 0.3) is 66.7 Å². The Balaban J connectivity index is 1.25. The van der Waals surface area contributed by atoms with Crippen molar-refractivity contribution in [2.45, 2.75) is 0 Å². The summed E-state index contributed by atoms with van der Waals surface area (Å²) in [6, 6.07) is 46.0. The molecule has 0 amide bonds. The molecule has 41 heavy (non-hydrogen) atoms. The Labute approximate surface area is 235 Å². The lowest BCUT2D eigenvalue weighted by atomic mass is 10.0. The second-order valence-electron chi connectivity index (χ2n) is 10.4. The Kier molecular flexibility index (Phi) is 4.58. The smallest absolute Gasteiger partial charge is 0.227 e. The predicted octanol–water partition coefficient (Wildman–Crippen LogP) is 10.5. The third-order valence-electron chi connectivity index (χ3n) is 8.04. The summed E-state index contributed by atoms with van der Waals surface area (Å²) in [5.41, 5.74) is 9.00. The second kappa shape index (κ2) is 8.44. The molecule has 1 aliphatic rings. The van der Waals surface area contributed by atoms with Crippen LogP contribution in [0.4, 0.5) is 17.1 Å². The van der Waals surface area contributed by atoms with Crippen LogP contribution < -0.4 is 4.90 Å². The van der Waals surface area contributed by atoms with E-state index in [-0.39, 0.29) is 0 Å². The van der Waals surface area contributed by atoms with Gasteiger partial charge in [-0.3, -0.25) is 0 Å². The maximum absolute atomic E-state index is 6.39. The molecule has 192 valence electrons. The van der Waals surface area contributed by atoms with Crippen LogP contribution in [0.1, 0.15) is 0 Å². The fraction of sp³-hybridized carbons (Fsp3) is 0. The zero-order chi connectivity index (χ0) is 26.9. The number of benzene rings is 6. The van der Waals surface area contributed by atoms with E-state index in [0.717, 1.165) is 77.9 Å². The maximum Gasteiger partial charge on any atom is 0.227 e. The number of fused-ring (bicyclic) bond motifs is 6. The molecule has 0 aliphatic heterocycles. The highest BCUT2D eigenvalue weighted by molar-refractivity contribution is 6.18. The van der Waals surface area contributed by atoms with E-state index in [2.05, 4.69) is 89.8 Å². The van der Waals surface area contributed by atoms with Gasteiger partial charge in [-0.15, -0.1) is 0 Å². The summed E-state index contributed by atoms with van der Waals surface area (Å²) in [5.74, 6) is 1.48. The molecule has 4 nitrogen and oxygen atoms in total. The van der Waals surface area contributed by atoms with E-state index in [9.17, 15) is 0 Å². The van der Waals surface area contributed by atoms with Gasteiger partial charge in [0.15, 0.2) is 5.76 Å². The van der Waals surface area contributed by atoms with Crippen molar-refractivity contribution in [2.75, 3.05) is 4.90 Å². The van der Waals surface area contributed by atoms with Crippen LogP contribution >= 0.6 is 0 Å². The average Bonchev–Trinajstić information content (AvgIpc) is 3.71. The molecule has 0 atom stereocenters. The minimum Gasteiger partial charge on any atom is -0.456 e. The van der Waals surface area contributed by atoms with Gasteiger partial charge in [-0.1, -0.05) is 72.8 Å². The molecule has 0 radical (unpaired) electrons. The number of oxazole rings is 1. The fourth-order valence-corrected chi connectivity index (χ4v) is 6.22. The van der Waals surface area contributed by atoms with Crippen LogP contribution in [0.3, 0.4) is 0 Å². The van der Waals surface area contributed by atoms with Crippen LogP contribution in [-0.2, 0) is 0 Å². The molecule has 9 rings (SSSR count). The summed E-state index contributed by atoms with van der Waals surface area (Å²) in [4.78, 5) is 7.26. The van der Waals surface area contributed by atoms with Crippen LogP contribution in [0.5, 0.6) is 0 Å². The summed E-state index contributed by atoms with van der Waals surface area (Å²) in [6.45, 7) is 0. The van der Waals surface area contributed by atoms with Crippen LogP contribution in [-0.4, -0.2) is 4.98 Å². The van der Waals surface area contributed by atoms with Crippen molar-refractivity contribution in [2.24, 2.45) is 0 Å². The fourth-order valence-electron chi connectivity index (χ4n) is 6.22. The van der Waals surface area contributed by atoms with E-state index < -0.39 is 0 Å². The van der Waals surface area contributed by atoms with Gasteiger partial charge in [0.25, 0.3) is 0 Å². The first-order valence-corrected chi connectivity index (χ1v) is 13.7. The number of furan rings is 1. The number of rotatable bonds is 4. The van der Waals surface area contributed by atoms with E-state index in [1.54, 1.807) is 0 Å². The van der Waals surface area contributed by atoms with Gasteiger partial charge < -0.3 is 13.7 Å². The highest BCUT2D eigenvalue weighted by Crippen LogP contribution is 2.52. The first-order valence-electron chi connectivity index (χ1n) is 13.7. The van der Waals surface area contributed by atoms with Gasteiger partial charge in [-0.25, -0.2) is 4.98 Å². The minimum atomic E-state index is 0.646. The monoisotopic (exact) mass is 526 g/mol. The Morgan fingerprint density at radius 3 is 2.15 bits per heavy atom. The third kappa shape index (κ3) is 3.25. The third-order valence-corrected chi connectivity index (χ3v) is 8.04. The van der Waals surface area contributed by atoms with Crippen LogP contribution in [0, 0.1) is 0 Å². The molecular weight excluding hydrogens is 504 g/mol. The summed E-state index contributed by atoms with van der Waals surface area (Å²) in [7, 11) is 0. The summed E-state index contributed by atoms with van der Waals surface area (Å²) >= 11 is 0. The Bertz CT molecular complexity index is 2230. The van der Waals surface area contributed by atoms with Gasteiger partial charge in [0, 0.05) is 55.7 Å². The van der Waals surface area contributed by atoms with Gasteiger partial charge in [-0.05, 0) is 54.6 Å². The van der Waals surface area contributed by atoms with Gasteiger partial charge in [0.05, 0.1) is 5.69 Å². The standard InChI is InChI=1S/C37H22N2O2/c1-3-10-23(11-4-1)37-38-35-29-20-21-31(28-15-9-16-30(34(28)29)36(35)41-37)39(24-12-5-2-6-13-24)25-18-19-27-26-14-7-8-17-32(26)40-33(27)22-25/h1-22H. The maximum atomic E-state index is 6.39. The molecule has 0 spiro atoms. The lowest BCUT2D eigenvalue weighted by molar-refractivity contribution is 0.590. The largest absolute Gasteiger partial charge is 0.456 e. The molecule has 0 fully saturated rings. The van der Waals surface area contributed by atoms with E-state index in [1.165, 1.54) is 0 Å². The van der Waals surface area contributed by atoms with E-state index in [0.29, 0.717) is 5.89 Å². The zero-order valence-corrected chi connectivity index (χ0v) is 21.9. The highest BCUT2D eigenvalue weighted by Gasteiger charge is 2.30. The summed E-state index contributed by atoms with van der Waals surface area (Å²) < 4.78 is 12.7. The first-order chi connectivity index (χ1) is 20.3. The number of hydrogen-bond acceptors (Lipinski definition) is 4. The molecule has 0 saturated carbocycles. The molecule has 1 aliphatic carbocycles. The number of anilines is 3. The minimum absolute atomic E-state index is 0.646. The van der Waals surface area contributed by atoms with Crippen molar-refractivity contribution >= 4 is 49.8 Å². The molecule has 6 aromatic carbocycles. The predicted molar refractivity (Wildman–Crippen MR) is 166 cm³/mol. The Morgan fingerprint density at radius 1 is 0.512 bits per heavy atom. The van der Waals surface area contributed by atoms with Crippen molar-refractivity contribution in [1.29, 1.82) is 0 Å². The van der Waals surface area contributed by atoms with Gasteiger partial charge in [0.2, 0.25) is 5.89 Å². The number of nitrogens with zero attached hydrogens (tertiary/aromatic N) is 2. The van der Waals surface area contributed by atoms with Gasteiger partial charge in [-0.2, -0.15) is 0 Å². The normalized spacial score (nSPS) is 11.9. The molecule has 2 aromatic heterocycles. The van der Waals surface area contributed by atoms with Crippen LogP contribution in [0.15, 0.2) is 142 Å². The molecule has 2 heterocycles. The van der Waals surface area contributed by atoms with Crippen molar-refractivity contribution in [3.8, 4) is 34.0 Å². The second-order valence-corrected chi connectivity index (χ2v) is 10.4. The Morgan fingerprint density at radius 2 is 1.27 bits per heavy atom. The summed E-state index contributed by atoms with van der Waals surface area (Å²) in [5, 5.41) is 4.55. The highest BCUT2D eigenvalue weighted by atomic mass is 16.4. The van der Waals surface area contributed by atoms with E-state index in [4.69, 9.17) is 13.8 Å². The number of para-hydroxylation sites is 2. The van der Waals surface area contributed by atoms with Gasteiger partial charge >= 0.3 is 0 Å². The first kappa shape index (κ1) is 22.2. The average molecular weight is 527 g/mol. The number of hydrogen-bond donors (Lipinski definition) is 0. The molecule has 0 bridgehead atoms. The molecule has 0 N–H and O–H groups in total. The van der Waals surface area contributed by atoms with E-state index >= 15 is 0 Å². The summed E-state index contributed by atoms with van der Waals surface area (Å²) in [6.07, 6.45) is 0. The van der Waals surface area contributed by atoms with E-state index in [1.807, 2.05) is 48.5 Å². The van der Waals surface area contributed by atoms with Crippen LogP contribution in [0.2, 0.25) is 0 Å².